The van der Waals surface area contributed by atoms with E-state index in [-0.39, 0.29) is 30.3 Å². The predicted molar refractivity (Wildman–Crippen MR) is 133 cm³/mol. The van der Waals surface area contributed by atoms with Gasteiger partial charge in [-0.25, -0.2) is 8.42 Å². The van der Waals surface area contributed by atoms with Crippen LogP contribution >= 0.6 is 0 Å². The van der Waals surface area contributed by atoms with Gasteiger partial charge in [-0.2, -0.15) is 4.31 Å². The van der Waals surface area contributed by atoms with Crippen LogP contribution in [0.4, 0.5) is 0 Å². The third-order valence-electron chi connectivity index (χ3n) is 5.97. The zero-order valence-electron chi connectivity index (χ0n) is 19.7. The van der Waals surface area contributed by atoms with Crippen molar-refractivity contribution in [2.75, 3.05) is 21.0 Å². The molecule has 0 saturated heterocycles. The summed E-state index contributed by atoms with van der Waals surface area (Å²) < 4.78 is 49.9. The summed E-state index contributed by atoms with van der Waals surface area (Å²) in [6.45, 7) is -0.00486. The summed E-state index contributed by atoms with van der Waals surface area (Å²) in [6, 6.07) is 18.4. The van der Waals surface area contributed by atoms with E-state index in [1.165, 1.54) is 23.5 Å². The van der Waals surface area contributed by atoms with E-state index < -0.39 is 10.0 Å². The average molecular weight is 509 g/mol. The highest BCUT2D eigenvalue weighted by Gasteiger charge is 2.27. The fraction of sp³-hybridized carbons (Fsp3) is 0.192. The van der Waals surface area contributed by atoms with Crippen LogP contribution in [0.5, 0.6) is 23.0 Å². The monoisotopic (exact) mass is 508 g/mol. The van der Waals surface area contributed by atoms with Crippen molar-refractivity contribution < 1.29 is 27.4 Å². The quantitative estimate of drug-likeness (QED) is 0.387. The Bertz CT molecular complexity index is 1580. The van der Waals surface area contributed by atoms with E-state index in [0.29, 0.717) is 39.6 Å². The average Bonchev–Trinajstić information content (AvgIpc) is 3.36. The molecule has 0 bridgehead atoms. The maximum Gasteiger partial charge on any atom is 0.252 e. The van der Waals surface area contributed by atoms with Crippen molar-refractivity contribution in [3.05, 3.63) is 88.2 Å². The first kappa shape index (κ1) is 23.7. The molecule has 0 aliphatic carbocycles. The molecule has 36 heavy (non-hydrogen) atoms. The van der Waals surface area contributed by atoms with E-state index in [1.54, 1.807) is 55.6 Å². The summed E-state index contributed by atoms with van der Waals surface area (Å²) in [5.41, 5.74) is 1.23. The number of nitrogens with zero attached hydrogens (tertiary/aromatic N) is 1. The largest absolute Gasteiger partial charge is 0.497 e. The Morgan fingerprint density at radius 1 is 0.861 bits per heavy atom. The first-order chi connectivity index (χ1) is 17.4. The number of ether oxygens (including phenoxy) is 4. The van der Waals surface area contributed by atoms with E-state index in [2.05, 4.69) is 4.98 Å². The molecular formula is C26H24N2O7S. The molecule has 0 fully saturated rings. The van der Waals surface area contributed by atoms with E-state index >= 15 is 0 Å². The van der Waals surface area contributed by atoms with Gasteiger partial charge in [0.2, 0.25) is 16.8 Å². The number of hydrogen-bond acceptors (Lipinski definition) is 7. The number of pyridine rings is 1. The zero-order valence-corrected chi connectivity index (χ0v) is 20.5. The summed E-state index contributed by atoms with van der Waals surface area (Å²) in [5, 5.41) is 0.760. The van der Waals surface area contributed by atoms with Gasteiger partial charge >= 0.3 is 0 Å². The molecule has 0 amide bonds. The van der Waals surface area contributed by atoms with E-state index in [0.717, 1.165) is 5.39 Å². The Kier molecular flexibility index (Phi) is 6.29. The number of methoxy groups -OCH3 is 2. The summed E-state index contributed by atoms with van der Waals surface area (Å²) >= 11 is 0. The first-order valence-electron chi connectivity index (χ1n) is 11.1. The van der Waals surface area contributed by atoms with Crippen LogP contribution in [-0.2, 0) is 23.1 Å². The molecule has 186 valence electrons. The number of aromatic amines is 1. The highest BCUT2D eigenvalue weighted by atomic mass is 32.2. The van der Waals surface area contributed by atoms with Gasteiger partial charge in [0.25, 0.3) is 5.56 Å². The second kappa shape index (κ2) is 9.56. The molecule has 0 unspecified atom stereocenters. The van der Waals surface area contributed by atoms with Crippen molar-refractivity contribution in [2.24, 2.45) is 0 Å². The van der Waals surface area contributed by atoms with Gasteiger partial charge in [-0.1, -0.05) is 6.07 Å². The van der Waals surface area contributed by atoms with Crippen LogP contribution in [0.25, 0.3) is 10.9 Å². The minimum Gasteiger partial charge on any atom is -0.497 e. The molecule has 1 aliphatic heterocycles. The van der Waals surface area contributed by atoms with Crippen LogP contribution in [-0.4, -0.2) is 38.7 Å². The van der Waals surface area contributed by atoms with Crippen molar-refractivity contribution in [1.29, 1.82) is 0 Å². The number of aromatic nitrogens is 1. The number of rotatable bonds is 8. The molecule has 0 atom stereocenters. The second-order valence-electron chi connectivity index (χ2n) is 8.21. The van der Waals surface area contributed by atoms with Gasteiger partial charge in [0, 0.05) is 24.7 Å². The van der Waals surface area contributed by atoms with Crippen molar-refractivity contribution in [2.45, 2.75) is 18.0 Å². The number of nitrogens with one attached hydrogen (secondary N) is 1. The van der Waals surface area contributed by atoms with Gasteiger partial charge in [0.15, 0.2) is 11.5 Å². The molecule has 1 aliphatic rings. The van der Waals surface area contributed by atoms with Gasteiger partial charge in [0.1, 0.15) is 11.5 Å². The lowest BCUT2D eigenvalue weighted by Gasteiger charge is -2.23. The molecule has 2 heterocycles. The summed E-state index contributed by atoms with van der Waals surface area (Å²) in [6.07, 6.45) is 0. The summed E-state index contributed by atoms with van der Waals surface area (Å²) in [7, 11) is -0.926. The zero-order chi connectivity index (χ0) is 25.3. The van der Waals surface area contributed by atoms with Crippen LogP contribution < -0.4 is 24.5 Å². The summed E-state index contributed by atoms with van der Waals surface area (Å²) in [5.74, 6) is 2.30. The summed E-state index contributed by atoms with van der Waals surface area (Å²) in [4.78, 5) is 15.9. The smallest absolute Gasteiger partial charge is 0.252 e. The fourth-order valence-electron chi connectivity index (χ4n) is 4.03. The third kappa shape index (κ3) is 4.60. The second-order valence-corrected chi connectivity index (χ2v) is 10.2. The topological polar surface area (TPSA) is 107 Å². The molecule has 0 radical (unpaired) electrons. The number of H-pyrrole nitrogens is 1. The maximum atomic E-state index is 13.7. The lowest BCUT2D eigenvalue weighted by molar-refractivity contribution is 0.174. The van der Waals surface area contributed by atoms with Gasteiger partial charge in [0.05, 0.1) is 24.6 Å². The van der Waals surface area contributed by atoms with Gasteiger partial charge in [-0.05, 0) is 65.5 Å². The minimum absolute atomic E-state index is 0.0189. The molecule has 9 nitrogen and oxygen atoms in total. The van der Waals surface area contributed by atoms with Crippen molar-refractivity contribution in [3.8, 4) is 23.0 Å². The van der Waals surface area contributed by atoms with Gasteiger partial charge in [-0.15, -0.1) is 0 Å². The normalized spacial score (nSPS) is 12.8. The number of sulfonamides is 1. The Hall–Kier alpha value is -4.02. The molecule has 4 aromatic rings. The Balaban J connectivity index is 1.54. The van der Waals surface area contributed by atoms with E-state index in [1.807, 2.05) is 6.07 Å². The van der Waals surface area contributed by atoms with Crippen molar-refractivity contribution in [3.63, 3.8) is 0 Å². The fourth-order valence-corrected chi connectivity index (χ4v) is 5.43. The third-order valence-corrected chi connectivity index (χ3v) is 7.78. The van der Waals surface area contributed by atoms with Crippen molar-refractivity contribution in [1.82, 2.24) is 9.29 Å². The van der Waals surface area contributed by atoms with Crippen LogP contribution in [0.3, 0.4) is 0 Å². The van der Waals surface area contributed by atoms with Crippen LogP contribution in [0.2, 0.25) is 0 Å². The highest BCUT2D eigenvalue weighted by Crippen LogP contribution is 2.33. The predicted octanol–water partition coefficient (Wildman–Crippen LogP) is 3.67. The van der Waals surface area contributed by atoms with Gasteiger partial charge in [-0.3, -0.25) is 4.79 Å². The molecule has 1 aromatic heterocycles. The van der Waals surface area contributed by atoms with Crippen molar-refractivity contribution >= 4 is 20.9 Å². The number of benzene rings is 3. The molecule has 0 saturated carbocycles. The molecule has 10 heteroatoms. The van der Waals surface area contributed by atoms with E-state index in [4.69, 9.17) is 18.9 Å². The molecular weight excluding hydrogens is 484 g/mol. The molecule has 3 aromatic carbocycles. The van der Waals surface area contributed by atoms with Crippen LogP contribution in [0.1, 0.15) is 11.1 Å². The molecule has 1 N–H and O–H groups in total. The Morgan fingerprint density at radius 2 is 1.58 bits per heavy atom. The van der Waals surface area contributed by atoms with E-state index in [9.17, 15) is 13.2 Å². The standard InChI is InChI=1S/C26H24N2O7S/c1-32-20-6-8-22(9-7-20)36(30,31)28(14-17-3-10-24-25(11-17)35-16-34-24)15-19-12-18-4-5-21(33-2)13-23(18)27-26(19)29/h3-13H,14-16H2,1-2H3,(H,27,29). The van der Waals surface area contributed by atoms with Crippen LogP contribution in [0, 0.1) is 0 Å². The Morgan fingerprint density at radius 3 is 2.33 bits per heavy atom. The SMILES string of the molecule is COc1ccc(S(=O)(=O)N(Cc2ccc3c(c2)OCO3)Cc2cc3ccc(OC)cc3[nH]c2=O)cc1. The lowest BCUT2D eigenvalue weighted by Crippen LogP contribution is -2.32. The van der Waals surface area contributed by atoms with Gasteiger partial charge < -0.3 is 23.9 Å². The molecule has 5 rings (SSSR count). The lowest BCUT2D eigenvalue weighted by atomic mass is 10.1. The first-order valence-corrected chi connectivity index (χ1v) is 12.5. The number of fused-ring (bicyclic) bond motifs is 2. The Labute approximate surface area is 207 Å². The molecule has 0 spiro atoms. The minimum atomic E-state index is -3.98. The number of hydrogen-bond donors (Lipinski definition) is 1. The maximum absolute atomic E-state index is 13.7. The van der Waals surface area contributed by atoms with Crippen LogP contribution in [0.15, 0.2) is 76.4 Å². The highest BCUT2D eigenvalue weighted by molar-refractivity contribution is 7.89.